The number of hydrogen-bond donors (Lipinski definition) is 1. The minimum Gasteiger partial charge on any atom is -0.507 e. The lowest BCUT2D eigenvalue weighted by Gasteiger charge is -2.14. The molecule has 122 valence electrons. The SMILES string of the molecule is C=C(COC(=O)/C(C)=C\C)[C@@H]1Cc2cc(C(C)=O)c(O)cc2O1. The van der Waals surface area contributed by atoms with Gasteiger partial charge in [0, 0.05) is 23.6 Å². The second-order valence-electron chi connectivity index (χ2n) is 5.55. The standard InChI is InChI=1S/C18H20O5/c1-5-10(2)18(21)22-9-11(3)16-7-13-6-14(12(4)19)15(20)8-17(13)23-16/h5-6,8,16,20H,3,7,9H2,1-2,4H3/b10-5-/t16-/m0/s1. The first-order valence-electron chi connectivity index (χ1n) is 7.34. The summed E-state index contributed by atoms with van der Waals surface area (Å²) in [6.45, 7) is 8.81. The van der Waals surface area contributed by atoms with Crippen LogP contribution in [-0.2, 0) is 16.0 Å². The topological polar surface area (TPSA) is 72.8 Å². The van der Waals surface area contributed by atoms with Crippen LogP contribution in [0.4, 0.5) is 0 Å². The smallest absolute Gasteiger partial charge is 0.333 e. The van der Waals surface area contributed by atoms with Crippen LogP contribution in [-0.4, -0.2) is 29.6 Å². The third-order valence-electron chi connectivity index (χ3n) is 3.83. The number of carbonyl (C=O) groups is 2. The Balaban J connectivity index is 2.03. The average molecular weight is 316 g/mol. The Morgan fingerprint density at radius 1 is 1.43 bits per heavy atom. The number of ether oxygens (including phenoxy) is 2. The van der Waals surface area contributed by atoms with Gasteiger partial charge >= 0.3 is 5.97 Å². The zero-order chi connectivity index (χ0) is 17.1. The van der Waals surface area contributed by atoms with Crippen LogP contribution in [0.15, 0.2) is 35.9 Å². The maximum absolute atomic E-state index is 11.6. The van der Waals surface area contributed by atoms with Crippen molar-refractivity contribution in [3.05, 3.63) is 47.1 Å². The molecule has 1 heterocycles. The Morgan fingerprint density at radius 2 is 2.13 bits per heavy atom. The van der Waals surface area contributed by atoms with Crippen molar-refractivity contribution >= 4 is 11.8 Å². The van der Waals surface area contributed by atoms with Crippen molar-refractivity contribution in [1.82, 2.24) is 0 Å². The Labute approximate surface area is 135 Å². The molecule has 1 atom stereocenters. The fourth-order valence-corrected chi connectivity index (χ4v) is 2.27. The number of phenols is 1. The van der Waals surface area contributed by atoms with E-state index in [4.69, 9.17) is 9.47 Å². The van der Waals surface area contributed by atoms with Gasteiger partial charge in [0.2, 0.25) is 0 Å². The number of fused-ring (bicyclic) bond motifs is 1. The molecule has 5 nitrogen and oxygen atoms in total. The first-order chi connectivity index (χ1) is 10.8. The van der Waals surface area contributed by atoms with E-state index in [0.29, 0.717) is 23.3 Å². The van der Waals surface area contributed by atoms with E-state index in [0.717, 1.165) is 5.56 Å². The Morgan fingerprint density at radius 3 is 2.74 bits per heavy atom. The summed E-state index contributed by atoms with van der Waals surface area (Å²) in [4.78, 5) is 23.1. The maximum atomic E-state index is 11.6. The fourth-order valence-electron chi connectivity index (χ4n) is 2.27. The molecule has 0 saturated heterocycles. The number of ketones is 1. The predicted molar refractivity (Wildman–Crippen MR) is 85.8 cm³/mol. The molecule has 0 aliphatic carbocycles. The van der Waals surface area contributed by atoms with Crippen molar-refractivity contribution < 1.29 is 24.2 Å². The van der Waals surface area contributed by atoms with Crippen LogP contribution in [0, 0.1) is 0 Å². The van der Waals surface area contributed by atoms with Gasteiger partial charge < -0.3 is 14.6 Å². The van der Waals surface area contributed by atoms with Gasteiger partial charge in [-0.1, -0.05) is 12.7 Å². The summed E-state index contributed by atoms with van der Waals surface area (Å²) < 4.78 is 10.9. The van der Waals surface area contributed by atoms with E-state index in [9.17, 15) is 14.7 Å². The molecule has 0 spiro atoms. The number of aromatic hydroxyl groups is 1. The molecular weight excluding hydrogens is 296 g/mol. The van der Waals surface area contributed by atoms with E-state index in [1.807, 2.05) is 0 Å². The quantitative estimate of drug-likeness (QED) is 0.391. The summed E-state index contributed by atoms with van der Waals surface area (Å²) in [6, 6.07) is 3.07. The van der Waals surface area contributed by atoms with Crippen LogP contribution in [0.3, 0.4) is 0 Å². The number of Topliss-reactive ketones (excluding diaryl/α,β-unsaturated/α-hetero) is 1. The van der Waals surface area contributed by atoms with Crippen LogP contribution < -0.4 is 4.74 Å². The number of allylic oxidation sites excluding steroid dienone is 1. The third kappa shape index (κ3) is 3.62. The van der Waals surface area contributed by atoms with E-state index in [1.165, 1.54) is 13.0 Å². The minimum atomic E-state index is -0.388. The summed E-state index contributed by atoms with van der Waals surface area (Å²) in [5.41, 5.74) is 2.26. The molecule has 0 saturated carbocycles. The highest BCUT2D eigenvalue weighted by molar-refractivity contribution is 5.97. The fraction of sp³-hybridized carbons (Fsp3) is 0.333. The number of carbonyl (C=O) groups excluding carboxylic acids is 2. The summed E-state index contributed by atoms with van der Waals surface area (Å²) in [5.74, 6) is -0.170. The Bertz CT molecular complexity index is 700. The molecule has 5 heteroatoms. The summed E-state index contributed by atoms with van der Waals surface area (Å²) in [5, 5.41) is 9.84. The third-order valence-corrected chi connectivity index (χ3v) is 3.83. The lowest BCUT2D eigenvalue weighted by atomic mass is 10.0. The van der Waals surface area contributed by atoms with Gasteiger partial charge in [0.1, 0.15) is 24.2 Å². The van der Waals surface area contributed by atoms with Crippen LogP contribution in [0.2, 0.25) is 0 Å². The van der Waals surface area contributed by atoms with Gasteiger partial charge in [-0.3, -0.25) is 4.79 Å². The molecule has 23 heavy (non-hydrogen) atoms. The molecule has 1 aliphatic heterocycles. The zero-order valence-electron chi connectivity index (χ0n) is 13.5. The molecular formula is C18H20O5. The Hall–Kier alpha value is -2.56. The number of esters is 1. The molecule has 0 aromatic heterocycles. The van der Waals surface area contributed by atoms with Gasteiger partial charge in [0.25, 0.3) is 0 Å². The highest BCUT2D eigenvalue weighted by Gasteiger charge is 2.28. The molecule has 1 aromatic carbocycles. The number of hydrogen-bond acceptors (Lipinski definition) is 5. The van der Waals surface area contributed by atoms with Gasteiger partial charge in [-0.25, -0.2) is 4.79 Å². The molecule has 0 unspecified atom stereocenters. The van der Waals surface area contributed by atoms with Gasteiger partial charge in [-0.15, -0.1) is 0 Å². The van der Waals surface area contributed by atoms with Crippen LogP contribution in [0.5, 0.6) is 11.5 Å². The summed E-state index contributed by atoms with van der Waals surface area (Å²) in [7, 11) is 0. The summed E-state index contributed by atoms with van der Waals surface area (Å²) >= 11 is 0. The first kappa shape index (κ1) is 16.8. The largest absolute Gasteiger partial charge is 0.507 e. The van der Waals surface area contributed by atoms with E-state index < -0.39 is 0 Å². The van der Waals surface area contributed by atoms with Gasteiger partial charge in [-0.2, -0.15) is 0 Å². The van der Waals surface area contributed by atoms with E-state index in [2.05, 4.69) is 6.58 Å². The average Bonchev–Trinajstić information content (AvgIpc) is 2.93. The molecule has 2 rings (SSSR count). The molecule has 1 aliphatic rings. The van der Waals surface area contributed by atoms with E-state index >= 15 is 0 Å². The highest BCUT2D eigenvalue weighted by Crippen LogP contribution is 2.36. The van der Waals surface area contributed by atoms with Crippen molar-refractivity contribution in [3.63, 3.8) is 0 Å². The lowest BCUT2D eigenvalue weighted by Crippen LogP contribution is -2.20. The first-order valence-corrected chi connectivity index (χ1v) is 7.34. The maximum Gasteiger partial charge on any atom is 0.333 e. The van der Waals surface area contributed by atoms with Crippen LogP contribution in [0.25, 0.3) is 0 Å². The molecule has 0 amide bonds. The molecule has 1 aromatic rings. The molecule has 1 N–H and O–H groups in total. The van der Waals surface area contributed by atoms with Crippen molar-refractivity contribution in [1.29, 1.82) is 0 Å². The number of benzene rings is 1. The summed E-state index contributed by atoms with van der Waals surface area (Å²) in [6.07, 6.45) is 1.86. The van der Waals surface area contributed by atoms with E-state index in [-0.39, 0.29) is 35.8 Å². The van der Waals surface area contributed by atoms with Gasteiger partial charge in [0.05, 0.1) is 5.56 Å². The van der Waals surface area contributed by atoms with Crippen molar-refractivity contribution in [2.24, 2.45) is 0 Å². The van der Waals surface area contributed by atoms with Crippen LogP contribution >= 0.6 is 0 Å². The van der Waals surface area contributed by atoms with Crippen molar-refractivity contribution in [2.45, 2.75) is 33.3 Å². The van der Waals surface area contributed by atoms with Crippen LogP contribution in [0.1, 0.15) is 36.7 Å². The second kappa shape index (κ2) is 6.69. The van der Waals surface area contributed by atoms with Crippen molar-refractivity contribution in [2.75, 3.05) is 6.61 Å². The highest BCUT2D eigenvalue weighted by atomic mass is 16.5. The number of phenolic OH excluding ortho intramolecular Hbond substituents is 1. The Kier molecular flexibility index (Phi) is 4.89. The number of rotatable bonds is 5. The molecule has 0 bridgehead atoms. The van der Waals surface area contributed by atoms with E-state index in [1.54, 1.807) is 26.0 Å². The lowest BCUT2D eigenvalue weighted by molar-refractivity contribution is -0.138. The monoisotopic (exact) mass is 316 g/mol. The molecule has 0 fully saturated rings. The predicted octanol–water partition coefficient (Wildman–Crippen LogP) is 2.96. The minimum absolute atomic E-state index is 0.0637. The van der Waals surface area contributed by atoms with Gasteiger partial charge in [0.15, 0.2) is 5.78 Å². The van der Waals surface area contributed by atoms with Gasteiger partial charge in [-0.05, 0) is 32.4 Å². The normalized spacial score (nSPS) is 16.5. The van der Waals surface area contributed by atoms with Crippen molar-refractivity contribution in [3.8, 4) is 11.5 Å². The second-order valence-corrected chi connectivity index (χ2v) is 5.55. The zero-order valence-corrected chi connectivity index (χ0v) is 13.5. The molecule has 0 radical (unpaired) electrons.